The van der Waals surface area contributed by atoms with Crippen molar-refractivity contribution in [2.45, 2.75) is 6.04 Å². The summed E-state index contributed by atoms with van der Waals surface area (Å²) in [5, 5.41) is 22.5. The maximum absolute atomic E-state index is 12.9. The highest BCUT2D eigenvalue weighted by Gasteiger charge is 2.29. The van der Waals surface area contributed by atoms with Crippen LogP contribution in [0.3, 0.4) is 0 Å². The monoisotopic (exact) mass is 436 g/mol. The van der Waals surface area contributed by atoms with Gasteiger partial charge in [0.25, 0.3) is 5.91 Å². The largest absolute Gasteiger partial charge is 0.507 e. The second-order valence-corrected chi connectivity index (χ2v) is 7.36. The molecule has 0 saturated carbocycles. The van der Waals surface area contributed by atoms with E-state index in [2.05, 4.69) is 15.3 Å². The molecule has 1 aliphatic heterocycles. The van der Waals surface area contributed by atoms with Crippen molar-refractivity contribution in [1.82, 2.24) is 24.8 Å². The first kappa shape index (κ1) is 21.3. The third-order valence-corrected chi connectivity index (χ3v) is 5.34. The number of aromatic nitrogens is 3. The number of aliphatic hydroxyl groups is 1. The molecule has 0 aliphatic carbocycles. The molecule has 4 rings (SSSR count). The number of aromatic hydroxyl groups is 1. The Balaban J connectivity index is 1.41. The number of benzene rings is 1. The van der Waals surface area contributed by atoms with Crippen LogP contribution in [0.25, 0.3) is 5.69 Å². The van der Waals surface area contributed by atoms with E-state index in [9.17, 15) is 19.8 Å². The van der Waals surface area contributed by atoms with Crippen molar-refractivity contribution in [3.8, 4) is 11.4 Å². The van der Waals surface area contributed by atoms with E-state index in [-0.39, 0.29) is 17.2 Å². The molecule has 3 N–H and O–H groups in total. The summed E-state index contributed by atoms with van der Waals surface area (Å²) >= 11 is 0. The minimum Gasteiger partial charge on any atom is -0.507 e. The first-order valence-corrected chi connectivity index (χ1v) is 10.3. The van der Waals surface area contributed by atoms with Crippen LogP contribution in [0.4, 0.5) is 5.95 Å². The van der Waals surface area contributed by atoms with Crippen molar-refractivity contribution in [1.29, 1.82) is 0 Å². The average Bonchev–Trinajstić information content (AvgIpc) is 3.38. The third-order valence-electron chi connectivity index (χ3n) is 5.34. The van der Waals surface area contributed by atoms with Gasteiger partial charge in [0, 0.05) is 56.7 Å². The van der Waals surface area contributed by atoms with Crippen molar-refractivity contribution in [3.05, 3.63) is 66.7 Å². The van der Waals surface area contributed by atoms with Crippen molar-refractivity contribution in [3.63, 3.8) is 0 Å². The van der Waals surface area contributed by atoms with Crippen LogP contribution >= 0.6 is 0 Å². The summed E-state index contributed by atoms with van der Waals surface area (Å²) in [7, 11) is 0. The highest BCUT2D eigenvalue weighted by atomic mass is 16.3. The third kappa shape index (κ3) is 4.54. The fraction of sp³-hybridized carbons (Fsp3) is 0.273. The van der Waals surface area contributed by atoms with Crippen LogP contribution in [0.15, 0.2) is 61.2 Å². The van der Waals surface area contributed by atoms with Crippen molar-refractivity contribution in [2.75, 3.05) is 37.7 Å². The molecule has 1 aliphatic rings. The fourth-order valence-electron chi connectivity index (χ4n) is 3.60. The number of anilines is 1. The van der Waals surface area contributed by atoms with Crippen LogP contribution in [0.2, 0.25) is 0 Å². The Hall–Kier alpha value is -3.92. The lowest BCUT2D eigenvalue weighted by atomic mass is 10.1. The van der Waals surface area contributed by atoms with E-state index in [4.69, 9.17) is 0 Å². The molecule has 166 valence electrons. The van der Waals surface area contributed by atoms with Crippen LogP contribution in [-0.4, -0.2) is 80.3 Å². The molecule has 0 radical (unpaired) electrons. The van der Waals surface area contributed by atoms with Crippen LogP contribution < -0.4 is 10.2 Å². The highest BCUT2D eigenvalue weighted by molar-refractivity contribution is 6.00. The van der Waals surface area contributed by atoms with Crippen LogP contribution in [0.5, 0.6) is 5.75 Å². The Labute approximate surface area is 184 Å². The van der Waals surface area contributed by atoms with Gasteiger partial charge in [-0.1, -0.05) is 0 Å². The van der Waals surface area contributed by atoms with E-state index in [1.165, 1.54) is 12.1 Å². The zero-order chi connectivity index (χ0) is 22.5. The van der Waals surface area contributed by atoms with Gasteiger partial charge in [-0.3, -0.25) is 9.59 Å². The number of nitrogens with zero attached hydrogens (tertiary/aromatic N) is 5. The smallest absolute Gasteiger partial charge is 0.255 e. The molecular weight excluding hydrogens is 412 g/mol. The first-order chi connectivity index (χ1) is 15.6. The number of nitrogens with one attached hydrogen (secondary N) is 1. The predicted molar refractivity (Wildman–Crippen MR) is 117 cm³/mol. The Kier molecular flexibility index (Phi) is 6.31. The molecule has 10 nitrogen and oxygen atoms in total. The molecule has 3 aromatic rings. The molecule has 0 bridgehead atoms. The summed E-state index contributed by atoms with van der Waals surface area (Å²) in [6, 6.07) is 8.94. The summed E-state index contributed by atoms with van der Waals surface area (Å²) in [4.78, 5) is 37.7. The fourth-order valence-corrected chi connectivity index (χ4v) is 3.60. The van der Waals surface area contributed by atoms with Crippen molar-refractivity contribution in [2.24, 2.45) is 0 Å². The minimum atomic E-state index is -1.11. The topological polar surface area (TPSA) is 124 Å². The number of piperazine rings is 1. The first-order valence-electron chi connectivity index (χ1n) is 10.3. The number of amides is 2. The Bertz CT molecular complexity index is 1070. The lowest BCUT2D eigenvalue weighted by Gasteiger charge is -2.36. The normalized spacial score (nSPS) is 14.8. The van der Waals surface area contributed by atoms with E-state index in [0.29, 0.717) is 37.8 Å². The SMILES string of the molecule is O=C(N[C@@H](CO)C(=O)N1CCN(c2ncccn2)CC1)c1cc(-n2cccc2)ccc1O. The Morgan fingerprint density at radius 1 is 1.03 bits per heavy atom. The summed E-state index contributed by atoms with van der Waals surface area (Å²) in [6.07, 6.45) is 6.96. The number of phenols is 1. The molecule has 1 aromatic carbocycles. The molecule has 1 atom stereocenters. The standard InChI is InChI=1S/C22H24N6O4/c29-15-18(21(32)27-10-12-28(13-11-27)22-23-6-3-7-24-22)25-20(31)17-14-16(4-5-19(17)30)26-8-1-2-9-26/h1-9,14,18,29-30H,10-13,15H2,(H,25,31)/t18-/m0/s1. The Morgan fingerprint density at radius 3 is 2.38 bits per heavy atom. The van der Waals surface area contributed by atoms with E-state index < -0.39 is 18.6 Å². The molecule has 2 amide bonds. The van der Waals surface area contributed by atoms with E-state index in [0.717, 1.165) is 0 Å². The van der Waals surface area contributed by atoms with Gasteiger partial charge in [-0.05, 0) is 36.4 Å². The van der Waals surface area contributed by atoms with Gasteiger partial charge >= 0.3 is 0 Å². The van der Waals surface area contributed by atoms with E-state index in [1.54, 1.807) is 34.0 Å². The summed E-state index contributed by atoms with van der Waals surface area (Å²) < 4.78 is 1.79. The average molecular weight is 436 g/mol. The number of hydrogen-bond acceptors (Lipinski definition) is 7. The van der Waals surface area contributed by atoms with Crippen LogP contribution in [0.1, 0.15) is 10.4 Å². The number of aliphatic hydroxyl groups excluding tert-OH is 1. The zero-order valence-electron chi connectivity index (χ0n) is 17.3. The second-order valence-electron chi connectivity index (χ2n) is 7.36. The van der Waals surface area contributed by atoms with Gasteiger partial charge in [0.2, 0.25) is 11.9 Å². The van der Waals surface area contributed by atoms with Gasteiger partial charge in [-0.25, -0.2) is 9.97 Å². The van der Waals surface area contributed by atoms with Crippen molar-refractivity contribution >= 4 is 17.8 Å². The van der Waals surface area contributed by atoms with Crippen LogP contribution in [-0.2, 0) is 4.79 Å². The molecule has 1 saturated heterocycles. The molecular formula is C22H24N6O4. The maximum Gasteiger partial charge on any atom is 0.255 e. The van der Waals surface area contributed by atoms with Gasteiger partial charge in [0.05, 0.1) is 12.2 Å². The number of phenolic OH excluding ortho intramolecular Hbond substituents is 1. The van der Waals surface area contributed by atoms with Gasteiger partial charge in [0.15, 0.2) is 0 Å². The lowest BCUT2D eigenvalue weighted by molar-refractivity contribution is -0.134. The molecule has 2 aromatic heterocycles. The number of rotatable bonds is 6. The Morgan fingerprint density at radius 2 is 1.72 bits per heavy atom. The van der Waals surface area contributed by atoms with Gasteiger partial charge in [-0.2, -0.15) is 0 Å². The van der Waals surface area contributed by atoms with Crippen LogP contribution in [0, 0.1) is 0 Å². The lowest BCUT2D eigenvalue weighted by Crippen LogP contribution is -2.56. The second kappa shape index (κ2) is 9.48. The van der Waals surface area contributed by atoms with E-state index in [1.807, 2.05) is 29.4 Å². The van der Waals surface area contributed by atoms with Gasteiger partial charge in [-0.15, -0.1) is 0 Å². The molecule has 0 spiro atoms. The predicted octanol–water partition coefficient (Wildman–Crippen LogP) is 0.412. The quantitative estimate of drug-likeness (QED) is 0.511. The molecule has 1 fully saturated rings. The minimum absolute atomic E-state index is 0.0218. The maximum atomic E-state index is 12.9. The van der Waals surface area contributed by atoms with E-state index >= 15 is 0 Å². The number of carbonyl (C=O) groups is 2. The molecule has 10 heteroatoms. The molecule has 0 unspecified atom stereocenters. The van der Waals surface area contributed by atoms with Gasteiger partial charge < -0.3 is 29.9 Å². The zero-order valence-corrected chi connectivity index (χ0v) is 17.3. The van der Waals surface area contributed by atoms with Gasteiger partial charge in [0.1, 0.15) is 11.8 Å². The number of carbonyl (C=O) groups excluding carboxylic acids is 2. The molecule has 32 heavy (non-hydrogen) atoms. The summed E-state index contributed by atoms with van der Waals surface area (Å²) in [5.74, 6) is -0.626. The van der Waals surface area contributed by atoms with Crippen molar-refractivity contribution < 1.29 is 19.8 Å². The summed E-state index contributed by atoms with van der Waals surface area (Å²) in [6.45, 7) is 1.36. The number of hydrogen-bond donors (Lipinski definition) is 3. The summed E-state index contributed by atoms with van der Waals surface area (Å²) in [5.41, 5.74) is 0.706. The highest BCUT2D eigenvalue weighted by Crippen LogP contribution is 2.21. The molecule has 3 heterocycles.